The van der Waals surface area contributed by atoms with Crippen molar-refractivity contribution in [3.05, 3.63) is 161 Å². The van der Waals surface area contributed by atoms with Crippen LogP contribution in [-0.4, -0.2) is 21.4 Å². The summed E-state index contributed by atoms with van der Waals surface area (Å²) >= 11 is 0. The summed E-state index contributed by atoms with van der Waals surface area (Å²) < 4.78 is 34.8. The topological polar surface area (TPSA) is 75.7 Å². The molecule has 1 N–H and O–H groups in total. The second-order valence-corrected chi connectivity index (χ2v) is 11.8. The smallest absolute Gasteiger partial charge is 0.264 e. The molecule has 42 heavy (non-hydrogen) atoms. The van der Waals surface area contributed by atoms with Crippen molar-refractivity contribution in [1.82, 2.24) is 5.32 Å². The molecule has 1 unspecified atom stereocenters. The molecule has 1 atom stereocenters. The number of sulfonamides is 1. The van der Waals surface area contributed by atoms with Crippen molar-refractivity contribution in [3.63, 3.8) is 0 Å². The number of aryl methyl sites for hydroxylation is 1. The van der Waals surface area contributed by atoms with Crippen LogP contribution in [0.1, 0.15) is 38.7 Å². The summed E-state index contributed by atoms with van der Waals surface area (Å²) in [4.78, 5) is 14.1. The Kier molecular flexibility index (Phi) is 8.69. The SMILES string of the molecule is COc1ccc(S(=O)(=O)N(Cc2ccccc2)c2ccccc2C(=O)NC(c2ccccc2)c2ccc(C)cc2)cc1. The number of benzene rings is 5. The molecule has 0 aliphatic heterocycles. The van der Waals surface area contributed by atoms with Crippen molar-refractivity contribution < 1.29 is 17.9 Å². The predicted octanol–water partition coefficient (Wildman–Crippen LogP) is 6.92. The van der Waals surface area contributed by atoms with Gasteiger partial charge in [0, 0.05) is 0 Å². The van der Waals surface area contributed by atoms with Gasteiger partial charge in [0.2, 0.25) is 0 Å². The number of hydrogen-bond donors (Lipinski definition) is 1. The van der Waals surface area contributed by atoms with Crippen molar-refractivity contribution in [2.75, 3.05) is 11.4 Å². The summed E-state index contributed by atoms with van der Waals surface area (Å²) in [6, 6.07) is 39.7. The summed E-state index contributed by atoms with van der Waals surface area (Å²) in [6.45, 7) is 2.06. The Labute approximate surface area is 247 Å². The Balaban J connectivity index is 1.57. The molecular weight excluding hydrogens is 544 g/mol. The first-order chi connectivity index (χ1) is 20.4. The molecule has 5 aromatic rings. The van der Waals surface area contributed by atoms with Gasteiger partial charge in [-0.3, -0.25) is 9.10 Å². The van der Waals surface area contributed by atoms with Gasteiger partial charge in [0.25, 0.3) is 15.9 Å². The molecule has 6 nitrogen and oxygen atoms in total. The van der Waals surface area contributed by atoms with E-state index in [0.29, 0.717) is 5.75 Å². The highest BCUT2D eigenvalue weighted by Crippen LogP contribution is 2.31. The number of hydrogen-bond acceptors (Lipinski definition) is 4. The standard InChI is InChI=1S/C35H32N2O4S/c1-26-17-19-29(20-18-26)34(28-13-7-4-8-14-28)36-35(38)32-15-9-10-16-33(32)37(25-27-11-5-3-6-12-27)42(39,40)31-23-21-30(41-2)22-24-31/h3-24,34H,25H2,1-2H3,(H,36,38). The van der Waals surface area contributed by atoms with E-state index < -0.39 is 16.1 Å². The zero-order valence-corrected chi connectivity index (χ0v) is 24.3. The number of nitrogens with zero attached hydrogens (tertiary/aromatic N) is 1. The van der Waals surface area contributed by atoms with E-state index in [2.05, 4.69) is 5.32 Å². The average Bonchev–Trinajstić information content (AvgIpc) is 3.04. The van der Waals surface area contributed by atoms with Crippen molar-refractivity contribution in [3.8, 4) is 5.75 Å². The summed E-state index contributed by atoms with van der Waals surface area (Å²) in [5.41, 5.74) is 4.27. The highest BCUT2D eigenvalue weighted by atomic mass is 32.2. The van der Waals surface area contributed by atoms with Crippen LogP contribution < -0.4 is 14.4 Å². The van der Waals surface area contributed by atoms with E-state index in [9.17, 15) is 13.2 Å². The Bertz CT molecular complexity index is 1740. The van der Waals surface area contributed by atoms with Crippen molar-refractivity contribution in [1.29, 1.82) is 0 Å². The summed E-state index contributed by atoms with van der Waals surface area (Å²) in [7, 11) is -2.55. The van der Waals surface area contributed by atoms with Gasteiger partial charge >= 0.3 is 0 Å². The van der Waals surface area contributed by atoms with Gasteiger partial charge in [-0.1, -0.05) is 103 Å². The maximum Gasteiger partial charge on any atom is 0.264 e. The van der Waals surface area contributed by atoms with Gasteiger partial charge in [-0.25, -0.2) is 8.42 Å². The molecule has 5 aromatic carbocycles. The number of carbonyl (C=O) groups is 1. The van der Waals surface area contributed by atoms with Gasteiger partial charge in [0.1, 0.15) is 5.75 Å². The number of nitrogens with one attached hydrogen (secondary N) is 1. The average molecular weight is 577 g/mol. The minimum Gasteiger partial charge on any atom is -0.497 e. The Morgan fingerprint density at radius 1 is 0.738 bits per heavy atom. The van der Waals surface area contributed by atoms with E-state index in [4.69, 9.17) is 4.74 Å². The molecule has 0 aliphatic rings. The normalized spacial score (nSPS) is 11.9. The largest absolute Gasteiger partial charge is 0.497 e. The third-order valence-corrected chi connectivity index (χ3v) is 8.83. The number of ether oxygens (including phenoxy) is 1. The molecule has 0 bridgehead atoms. The van der Waals surface area contributed by atoms with Gasteiger partial charge in [-0.05, 0) is 60.0 Å². The molecule has 0 aliphatic carbocycles. The van der Waals surface area contributed by atoms with E-state index in [1.54, 1.807) is 36.4 Å². The van der Waals surface area contributed by atoms with E-state index in [1.807, 2.05) is 91.9 Å². The monoisotopic (exact) mass is 576 g/mol. The van der Waals surface area contributed by atoms with Crippen LogP contribution >= 0.6 is 0 Å². The maximum atomic E-state index is 14.2. The molecule has 212 valence electrons. The van der Waals surface area contributed by atoms with Crippen LogP contribution in [-0.2, 0) is 16.6 Å². The van der Waals surface area contributed by atoms with Crippen molar-refractivity contribution >= 4 is 21.6 Å². The van der Waals surface area contributed by atoms with Crippen LogP contribution in [0.4, 0.5) is 5.69 Å². The molecule has 0 saturated heterocycles. The van der Waals surface area contributed by atoms with Crippen LogP contribution in [0.2, 0.25) is 0 Å². The first-order valence-corrected chi connectivity index (χ1v) is 15.0. The third-order valence-electron chi connectivity index (χ3n) is 7.05. The highest BCUT2D eigenvalue weighted by molar-refractivity contribution is 7.92. The lowest BCUT2D eigenvalue weighted by Gasteiger charge is -2.27. The predicted molar refractivity (Wildman–Crippen MR) is 166 cm³/mol. The minimum absolute atomic E-state index is 0.0412. The van der Waals surface area contributed by atoms with Gasteiger partial charge in [0.05, 0.1) is 35.8 Å². The highest BCUT2D eigenvalue weighted by Gasteiger charge is 2.29. The molecule has 0 aromatic heterocycles. The van der Waals surface area contributed by atoms with Crippen LogP contribution in [0.25, 0.3) is 0 Å². The number of amides is 1. The third kappa shape index (κ3) is 6.37. The fourth-order valence-electron chi connectivity index (χ4n) is 4.78. The van der Waals surface area contributed by atoms with E-state index in [0.717, 1.165) is 22.3 Å². The van der Waals surface area contributed by atoms with Gasteiger partial charge in [-0.2, -0.15) is 0 Å². The van der Waals surface area contributed by atoms with E-state index in [1.165, 1.54) is 23.5 Å². The lowest BCUT2D eigenvalue weighted by molar-refractivity contribution is 0.0943. The van der Waals surface area contributed by atoms with Crippen molar-refractivity contribution in [2.45, 2.75) is 24.4 Å². The molecule has 0 saturated carbocycles. The Morgan fingerprint density at radius 3 is 1.95 bits per heavy atom. The minimum atomic E-state index is -4.07. The van der Waals surface area contributed by atoms with E-state index in [-0.39, 0.29) is 28.6 Å². The molecular formula is C35H32N2O4S. The molecule has 5 rings (SSSR count). The molecule has 0 spiro atoms. The van der Waals surface area contributed by atoms with Crippen LogP contribution in [0.3, 0.4) is 0 Å². The number of rotatable bonds is 10. The number of carbonyl (C=O) groups excluding carboxylic acids is 1. The summed E-state index contributed by atoms with van der Waals surface area (Å²) in [5.74, 6) is 0.161. The zero-order valence-electron chi connectivity index (χ0n) is 23.5. The second kappa shape index (κ2) is 12.7. The first kappa shape index (κ1) is 28.6. The van der Waals surface area contributed by atoms with Crippen LogP contribution in [0, 0.1) is 6.92 Å². The summed E-state index contributed by atoms with van der Waals surface area (Å²) in [5, 5.41) is 3.17. The first-order valence-electron chi connectivity index (χ1n) is 13.6. The van der Waals surface area contributed by atoms with E-state index >= 15 is 0 Å². The fourth-order valence-corrected chi connectivity index (χ4v) is 6.25. The number of anilines is 1. The molecule has 1 amide bonds. The quantitative estimate of drug-likeness (QED) is 0.196. The maximum absolute atomic E-state index is 14.2. The lowest BCUT2D eigenvalue weighted by atomic mass is 9.97. The number of methoxy groups -OCH3 is 1. The molecule has 7 heteroatoms. The Morgan fingerprint density at radius 2 is 1.31 bits per heavy atom. The van der Waals surface area contributed by atoms with Gasteiger partial charge in [-0.15, -0.1) is 0 Å². The number of para-hydroxylation sites is 1. The van der Waals surface area contributed by atoms with Crippen molar-refractivity contribution in [2.24, 2.45) is 0 Å². The Hall–Kier alpha value is -4.88. The van der Waals surface area contributed by atoms with Gasteiger partial charge in [0.15, 0.2) is 0 Å². The molecule has 0 fully saturated rings. The van der Waals surface area contributed by atoms with Crippen LogP contribution in [0.15, 0.2) is 138 Å². The fraction of sp³-hybridized carbons (Fsp3) is 0.114. The van der Waals surface area contributed by atoms with Gasteiger partial charge < -0.3 is 10.1 Å². The second-order valence-electron chi connectivity index (χ2n) is 9.92. The molecule has 0 heterocycles. The van der Waals surface area contributed by atoms with Crippen LogP contribution in [0.5, 0.6) is 5.75 Å². The molecule has 0 radical (unpaired) electrons. The lowest BCUT2D eigenvalue weighted by Crippen LogP contribution is -2.34. The zero-order chi connectivity index (χ0) is 29.5. The summed E-state index contributed by atoms with van der Waals surface area (Å²) in [6.07, 6.45) is 0.